The number of nitro groups is 1. The summed E-state index contributed by atoms with van der Waals surface area (Å²) in [6, 6.07) is 17.2. The van der Waals surface area contributed by atoms with Crippen LogP contribution in [0.2, 0.25) is 5.02 Å². The van der Waals surface area contributed by atoms with Crippen molar-refractivity contribution in [2.24, 2.45) is 0 Å². The van der Waals surface area contributed by atoms with Crippen LogP contribution in [0.15, 0.2) is 88.7 Å². The number of nitrogens with one attached hydrogen (secondary N) is 2. The fraction of sp³-hybridized carbons (Fsp3) is 0.167. The number of aryl methyl sites for hydroxylation is 1. The number of methoxy groups -OCH3 is 3. The lowest BCUT2D eigenvalue weighted by Gasteiger charge is -2.26. The molecule has 4 aromatic rings. The molecule has 0 radical (unpaired) electrons. The summed E-state index contributed by atoms with van der Waals surface area (Å²) in [5.41, 5.74) is 0.0328. The topological polar surface area (TPSA) is 183 Å². The zero-order valence-electron chi connectivity index (χ0n) is 25.4. The van der Waals surface area contributed by atoms with Crippen LogP contribution in [-0.4, -0.2) is 55.5 Å². The minimum Gasteiger partial charge on any atom is -0.497 e. The van der Waals surface area contributed by atoms with Crippen molar-refractivity contribution in [3.63, 3.8) is 0 Å². The standard InChI is InChI=1S/C30H29ClN4O10S2/c1-19-5-10-24(17-26(19)35(37)38)47(41,42)34(27-15-20(31)6-14-28(27)44-3)18-30(36)32-21-7-11-23(12-8-21)46(39,40)33-25-13-9-22(43-2)16-29(25)45-4/h5-17,33H,18H2,1-4H3,(H,32,36). The van der Waals surface area contributed by atoms with E-state index in [2.05, 4.69) is 10.0 Å². The van der Waals surface area contributed by atoms with Crippen LogP contribution in [0.1, 0.15) is 5.56 Å². The maximum atomic E-state index is 13.9. The van der Waals surface area contributed by atoms with Gasteiger partial charge < -0.3 is 19.5 Å². The molecule has 0 saturated carbocycles. The van der Waals surface area contributed by atoms with Crippen molar-refractivity contribution in [2.75, 3.05) is 42.2 Å². The Bertz CT molecular complexity index is 2040. The van der Waals surface area contributed by atoms with Gasteiger partial charge in [-0.2, -0.15) is 0 Å². The van der Waals surface area contributed by atoms with Gasteiger partial charge in [-0.3, -0.25) is 23.9 Å². The fourth-order valence-electron chi connectivity index (χ4n) is 4.37. The van der Waals surface area contributed by atoms with Gasteiger partial charge in [0, 0.05) is 28.4 Å². The van der Waals surface area contributed by atoms with Gasteiger partial charge in [-0.15, -0.1) is 0 Å². The van der Waals surface area contributed by atoms with Crippen LogP contribution in [0, 0.1) is 17.0 Å². The summed E-state index contributed by atoms with van der Waals surface area (Å²) in [7, 11) is -4.56. The summed E-state index contributed by atoms with van der Waals surface area (Å²) in [6.07, 6.45) is 0. The monoisotopic (exact) mass is 704 g/mol. The van der Waals surface area contributed by atoms with E-state index in [1.54, 1.807) is 6.07 Å². The van der Waals surface area contributed by atoms with Crippen molar-refractivity contribution in [1.29, 1.82) is 0 Å². The van der Waals surface area contributed by atoms with Gasteiger partial charge in [0.05, 0.1) is 47.4 Å². The first-order chi connectivity index (χ1) is 22.2. The number of ether oxygens (including phenoxy) is 3. The zero-order valence-corrected chi connectivity index (χ0v) is 27.8. The third kappa shape index (κ3) is 7.85. The molecule has 0 aliphatic heterocycles. The molecule has 248 valence electrons. The molecule has 0 unspecified atom stereocenters. The average molecular weight is 705 g/mol. The number of carbonyl (C=O) groups is 1. The molecule has 0 bridgehead atoms. The number of hydrogen-bond donors (Lipinski definition) is 2. The largest absolute Gasteiger partial charge is 0.497 e. The third-order valence-electron chi connectivity index (χ3n) is 6.76. The second kappa shape index (κ2) is 14.1. The first-order valence-electron chi connectivity index (χ1n) is 13.5. The molecule has 14 nitrogen and oxygen atoms in total. The van der Waals surface area contributed by atoms with Crippen molar-refractivity contribution in [1.82, 2.24) is 0 Å². The Morgan fingerprint density at radius 3 is 2.13 bits per heavy atom. The number of benzene rings is 4. The van der Waals surface area contributed by atoms with Crippen LogP contribution >= 0.6 is 11.6 Å². The molecule has 0 aliphatic carbocycles. The molecule has 1 amide bonds. The van der Waals surface area contributed by atoms with Gasteiger partial charge in [-0.25, -0.2) is 16.8 Å². The van der Waals surface area contributed by atoms with Gasteiger partial charge >= 0.3 is 0 Å². The third-order valence-corrected chi connectivity index (χ3v) is 10.1. The van der Waals surface area contributed by atoms with Gasteiger partial charge in [0.1, 0.15) is 23.8 Å². The van der Waals surface area contributed by atoms with E-state index in [0.29, 0.717) is 10.1 Å². The lowest BCUT2D eigenvalue weighted by molar-refractivity contribution is -0.385. The number of sulfonamides is 2. The highest BCUT2D eigenvalue weighted by molar-refractivity contribution is 7.93. The van der Waals surface area contributed by atoms with E-state index in [1.165, 1.54) is 95.0 Å². The summed E-state index contributed by atoms with van der Waals surface area (Å²) in [5, 5.41) is 14.2. The van der Waals surface area contributed by atoms with Crippen LogP contribution < -0.4 is 28.6 Å². The summed E-state index contributed by atoms with van der Waals surface area (Å²) in [6.45, 7) is 0.655. The zero-order chi connectivity index (χ0) is 34.5. The Hall–Kier alpha value is -5.06. The van der Waals surface area contributed by atoms with E-state index in [0.717, 1.165) is 6.07 Å². The van der Waals surface area contributed by atoms with Crippen molar-refractivity contribution < 1.29 is 40.8 Å². The van der Waals surface area contributed by atoms with Gasteiger partial charge in [0.2, 0.25) is 5.91 Å². The molecule has 0 saturated heterocycles. The maximum absolute atomic E-state index is 13.9. The minimum atomic E-state index is -4.61. The quantitative estimate of drug-likeness (QED) is 0.138. The second-order valence-corrected chi connectivity index (χ2v) is 13.8. The van der Waals surface area contributed by atoms with Crippen LogP contribution in [0.4, 0.5) is 22.7 Å². The summed E-state index contributed by atoms with van der Waals surface area (Å²) in [4.78, 5) is 23.5. The molecule has 17 heteroatoms. The second-order valence-electron chi connectivity index (χ2n) is 9.78. The normalized spacial score (nSPS) is 11.3. The number of hydrogen-bond acceptors (Lipinski definition) is 10. The molecule has 4 rings (SSSR count). The predicted molar refractivity (Wildman–Crippen MR) is 176 cm³/mol. The van der Waals surface area contributed by atoms with E-state index >= 15 is 0 Å². The smallest absolute Gasteiger partial charge is 0.273 e. The molecule has 47 heavy (non-hydrogen) atoms. The van der Waals surface area contributed by atoms with Gasteiger partial charge in [0.25, 0.3) is 25.7 Å². The molecule has 2 N–H and O–H groups in total. The number of amides is 1. The lowest BCUT2D eigenvalue weighted by Crippen LogP contribution is -2.38. The van der Waals surface area contributed by atoms with Crippen LogP contribution in [0.25, 0.3) is 0 Å². The molecule has 0 atom stereocenters. The molecule has 0 spiro atoms. The van der Waals surface area contributed by atoms with Gasteiger partial charge in [-0.1, -0.05) is 17.7 Å². The van der Waals surface area contributed by atoms with Gasteiger partial charge in [-0.05, 0) is 67.6 Å². The minimum absolute atomic E-state index is 0.0583. The molecular weight excluding hydrogens is 676 g/mol. The fourth-order valence-corrected chi connectivity index (χ4v) is 7.05. The molecule has 0 aromatic heterocycles. The molecule has 0 fully saturated rings. The SMILES string of the molecule is COc1ccc(NS(=O)(=O)c2ccc(NC(=O)CN(c3cc(Cl)ccc3OC)S(=O)(=O)c3ccc(C)c([N+](=O)[O-])c3)cc2)c(OC)c1. The number of anilines is 3. The van der Waals surface area contributed by atoms with Crippen LogP contribution in [0.3, 0.4) is 0 Å². The highest BCUT2D eigenvalue weighted by Gasteiger charge is 2.31. The highest BCUT2D eigenvalue weighted by atomic mass is 35.5. The number of nitrogens with zero attached hydrogens (tertiary/aromatic N) is 2. The van der Waals surface area contributed by atoms with Crippen molar-refractivity contribution in [3.05, 3.63) is 99.6 Å². The van der Waals surface area contributed by atoms with E-state index in [4.69, 9.17) is 25.8 Å². The first kappa shape index (κ1) is 34.8. The lowest BCUT2D eigenvalue weighted by atomic mass is 10.2. The van der Waals surface area contributed by atoms with E-state index in [-0.39, 0.29) is 44.0 Å². The number of carbonyl (C=O) groups excluding carboxylic acids is 1. The summed E-state index contributed by atoms with van der Waals surface area (Å²) >= 11 is 6.17. The Labute approximate surface area is 276 Å². The number of nitro benzene ring substituents is 1. The predicted octanol–water partition coefficient (Wildman–Crippen LogP) is 5.22. The van der Waals surface area contributed by atoms with Crippen LogP contribution in [-0.2, 0) is 24.8 Å². The van der Waals surface area contributed by atoms with Gasteiger partial charge in [0.15, 0.2) is 0 Å². The van der Waals surface area contributed by atoms with E-state index < -0.39 is 48.0 Å². The Kier molecular flexibility index (Phi) is 10.5. The van der Waals surface area contributed by atoms with Crippen LogP contribution in [0.5, 0.6) is 17.2 Å². The van der Waals surface area contributed by atoms with Crippen molar-refractivity contribution in [2.45, 2.75) is 16.7 Å². The molecular formula is C30H29ClN4O10S2. The summed E-state index contributed by atoms with van der Waals surface area (Å²) in [5.74, 6) is -0.0741. The van der Waals surface area contributed by atoms with Crippen molar-refractivity contribution in [3.8, 4) is 17.2 Å². The first-order valence-corrected chi connectivity index (χ1v) is 16.8. The maximum Gasteiger partial charge on any atom is 0.273 e. The van der Waals surface area contributed by atoms with E-state index in [9.17, 15) is 31.7 Å². The number of halogens is 1. The number of rotatable bonds is 13. The highest BCUT2D eigenvalue weighted by Crippen LogP contribution is 2.36. The molecule has 0 aliphatic rings. The summed E-state index contributed by atoms with van der Waals surface area (Å²) < 4.78 is 72.8. The molecule has 4 aromatic carbocycles. The Morgan fingerprint density at radius 1 is 0.851 bits per heavy atom. The Morgan fingerprint density at radius 2 is 1.51 bits per heavy atom. The Balaban J connectivity index is 1.61. The van der Waals surface area contributed by atoms with E-state index in [1.807, 2.05) is 0 Å². The average Bonchev–Trinajstić information content (AvgIpc) is 3.03. The van der Waals surface area contributed by atoms with Crippen molar-refractivity contribution >= 4 is 60.3 Å². The molecule has 0 heterocycles.